The minimum Gasteiger partial charge on any atom is -0.383 e. The Balaban J connectivity index is 1.96. The number of hydrogen-bond donors (Lipinski definition) is 1. The summed E-state index contributed by atoms with van der Waals surface area (Å²) in [6.45, 7) is 0.976. The number of rotatable bonds is 4. The highest BCUT2D eigenvalue weighted by atomic mass is 16.5. The Morgan fingerprint density at radius 2 is 1.96 bits per heavy atom. The lowest BCUT2D eigenvalue weighted by Gasteiger charge is -2.29. The van der Waals surface area contributed by atoms with Gasteiger partial charge in [-0.2, -0.15) is 0 Å². The van der Waals surface area contributed by atoms with E-state index < -0.39 is 11.6 Å². The summed E-state index contributed by atoms with van der Waals surface area (Å²) in [5, 5.41) is 19.0. The zero-order valence-electron chi connectivity index (χ0n) is 13.9. The van der Waals surface area contributed by atoms with Crippen LogP contribution in [0.1, 0.15) is 30.1 Å². The first-order chi connectivity index (χ1) is 11.5. The highest BCUT2D eigenvalue weighted by Gasteiger charge is 2.36. The zero-order chi connectivity index (χ0) is 17.2. The van der Waals surface area contributed by atoms with Crippen LogP contribution in [-0.2, 0) is 15.1 Å². The van der Waals surface area contributed by atoms with Crippen LogP contribution in [0.25, 0.3) is 0 Å². The molecule has 1 aliphatic rings. The summed E-state index contributed by atoms with van der Waals surface area (Å²) in [4.78, 5) is 14.2. The second-order valence-electron chi connectivity index (χ2n) is 6.27. The van der Waals surface area contributed by atoms with Gasteiger partial charge < -0.3 is 14.7 Å². The Morgan fingerprint density at radius 3 is 2.58 bits per heavy atom. The highest BCUT2D eigenvalue weighted by molar-refractivity contribution is 5.83. The molecule has 0 spiro atoms. The average molecular weight is 330 g/mol. The van der Waals surface area contributed by atoms with Crippen molar-refractivity contribution >= 4 is 5.91 Å². The molecule has 1 atom stereocenters. The highest BCUT2D eigenvalue weighted by Crippen LogP contribution is 2.31. The fourth-order valence-electron chi connectivity index (χ4n) is 2.87. The van der Waals surface area contributed by atoms with Gasteiger partial charge in [-0.1, -0.05) is 35.5 Å². The number of likely N-dealkylation sites (N-methyl/N-ethyl adjacent to an activating group) is 1. The number of carbonyl (C=O) groups is 1. The van der Waals surface area contributed by atoms with E-state index in [0.29, 0.717) is 31.7 Å². The van der Waals surface area contributed by atoms with E-state index in [1.54, 1.807) is 20.3 Å². The van der Waals surface area contributed by atoms with Crippen LogP contribution in [0, 0.1) is 0 Å². The smallest absolute Gasteiger partial charge is 0.251 e. The monoisotopic (exact) mass is 330 g/mol. The molecule has 1 amide bonds. The topological polar surface area (TPSA) is 80.5 Å². The van der Waals surface area contributed by atoms with Crippen LogP contribution < -0.4 is 0 Å². The van der Waals surface area contributed by atoms with Gasteiger partial charge in [0, 0.05) is 40.2 Å². The molecule has 1 aliphatic heterocycles. The third-order valence-electron chi connectivity index (χ3n) is 4.36. The minimum absolute atomic E-state index is 0.100. The summed E-state index contributed by atoms with van der Waals surface area (Å²) >= 11 is 0. The average Bonchev–Trinajstić information content (AvgIpc) is 3.07. The lowest BCUT2D eigenvalue weighted by molar-refractivity contribution is -0.131. The van der Waals surface area contributed by atoms with Crippen LogP contribution in [0.3, 0.4) is 0 Å². The quantitative estimate of drug-likeness (QED) is 0.903. The first-order valence-corrected chi connectivity index (χ1v) is 8.00. The molecule has 24 heavy (non-hydrogen) atoms. The summed E-state index contributed by atoms with van der Waals surface area (Å²) in [7, 11) is 3.42. The summed E-state index contributed by atoms with van der Waals surface area (Å²) in [5.74, 6) is -0.100. The number of aromatic nitrogens is 3. The Kier molecular flexibility index (Phi) is 4.64. The van der Waals surface area contributed by atoms with E-state index in [9.17, 15) is 9.90 Å². The summed E-state index contributed by atoms with van der Waals surface area (Å²) in [6.07, 6.45) is 2.62. The predicted molar refractivity (Wildman–Crippen MR) is 87.2 cm³/mol. The number of benzene rings is 1. The van der Waals surface area contributed by atoms with Gasteiger partial charge in [0.1, 0.15) is 11.3 Å². The maximum atomic E-state index is 12.7. The Labute approximate surface area is 140 Å². The number of aliphatic hydroxyl groups is 1. The van der Waals surface area contributed by atoms with Gasteiger partial charge in [0.05, 0.1) is 6.20 Å². The van der Waals surface area contributed by atoms with E-state index in [4.69, 9.17) is 4.74 Å². The van der Waals surface area contributed by atoms with Crippen LogP contribution in [0.4, 0.5) is 0 Å². The van der Waals surface area contributed by atoms with Crippen molar-refractivity contribution in [2.75, 3.05) is 27.3 Å². The van der Waals surface area contributed by atoms with E-state index in [2.05, 4.69) is 10.3 Å². The molecular formula is C17H22N4O3. The molecule has 2 aromatic rings. The van der Waals surface area contributed by atoms with Crippen molar-refractivity contribution in [1.29, 1.82) is 0 Å². The van der Waals surface area contributed by atoms with Crippen molar-refractivity contribution < 1.29 is 14.6 Å². The van der Waals surface area contributed by atoms with Crippen LogP contribution in [0.15, 0.2) is 36.5 Å². The lowest BCUT2D eigenvalue weighted by atomic mass is 9.91. The molecule has 1 N–H and O–H groups in total. The molecule has 7 nitrogen and oxygen atoms in total. The largest absolute Gasteiger partial charge is 0.383 e. The molecule has 128 valence electrons. The molecule has 0 aliphatic carbocycles. The number of hydrogen-bond acceptors (Lipinski definition) is 5. The molecule has 1 aromatic heterocycles. The van der Waals surface area contributed by atoms with Gasteiger partial charge in [-0.25, -0.2) is 4.68 Å². The fourth-order valence-corrected chi connectivity index (χ4v) is 2.87. The molecular weight excluding hydrogens is 308 g/mol. The molecule has 3 rings (SSSR count). The fraction of sp³-hybridized carbons (Fsp3) is 0.471. The minimum atomic E-state index is -1.04. The van der Waals surface area contributed by atoms with E-state index in [1.807, 2.05) is 30.3 Å². The van der Waals surface area contributed by atoms with Crippen LogP contribution in [-0.4, -0.2) is 58.2 Å². The van der Waals surface area contributed by atoms with Gasteiger partial charge in [0.2, 0.25) is 0 Å². The van der Waals surface area contributed by atoms with Crippen molar-refractivity contribution in [2.45, 2.75) is 24.5 Å². The predicted octanol–water partition coefficient (Wildman–Crippen LogP) is 0.954. The molecule has 1 unspecified atom stereocenters. The molecule has 1 aromatic carbocycles. The van der Waals surface area contributed by atoms with Crippen LogP contribution in [0.2, 0.25) is 0 Å². The summed E-state index contributed by atoms with van der Waals surface area (Å²) < 4.78 is 6.83. The maximum Gasteiger partial charge on any atom is 0.251 e. The van der Waals surface area contributed by atoms with E-state index in [-0.39, 0.29) is 5.91 Å². The van der Waals surface area contributed by atoms with Gasteiger partial charge >= 0.3 is 0 Å². The first-order valence-electron chi connectivity index (χ1n) is 8.00. The van der Waals surface area contributed by atoms with E-state index in [1.165, 1.54) is 9.58 Å². The second-order valence-corrected chi connectivity index (χ2v) is 6.27. The van der Waals surface area contributed by atoms with Crippen molar-refractivity contribution in [2.24, 2.45) is 0 Å². The van der Waals surface area contributed by atoms with Crippen molar-refractivity contribution in [3.8, 4) is 0 Å². The molecule has 0 saturated carbocycles. The van der Waals surface area contributed by atoms with Crippen LogP contribution in [0.5, 0.6) is 0 Å². The zero-order valence-corrected chi connectivity index (χ0v) is 13.9. The summed E-state index contributed by atoms with van der Waals surface area (Å²) in [6, 6.07) is 8.83. The standard InChI is InChI=1S/C17H22N4O3/c1-20(2)16(22)15(13-6-4-3-5-7-13)21-12-14(18-19-21)17(23)8-10-24-11-9-17/h3-7,12,15,23H,8-11H2,1-2H3. The Hall–Kier alpha value is -2.25. The van der Waals surface area contributed by atoms with Gasteiger partial charge in [0.15, 0.2) is 6.04 Å². The van der Waals surface area contributed by atoms with E-state index in [0.717, 1.165) is 5.56 Å². The van der Waals surface area contributed by atoms with Gasteiger partial charge in [-0.05, 0) is 5.56 Å². The van der Waals surface area contributed by atoms with Crippen molar-refractivity contribution in [3.63, 3.8) is 0 Å². The number of ether oxygens (including phenoxy) is 1. The van der Waals surface area contributed by atoms with Gasteiger partial charge in [-0.3, -0.25) is 4.79 Å². The first kappa shape index (κ1) is 16.6. The van der Waals surface area contributed by atoms with Gasteiger partial charge in [0.25, 0.3) is 5.91 Å². The third-order valence-corrected chi connectivity index (χ3v) is 4.36. The van der Waals surface area contributed by atoms with Crippen LogP contribution >= 0.6 is 0 Å². The second kappa shape index (κ2) is 6.70. The lowest BCUT2D eigenvalue weighted by Crippen LogP contribution is -2.34. The SMILES string of the molecule is CN(C)C(=O)C(c1ccccc1)n1cc(C2(O)CCOCC2)nn1. The number of carbonyl (C=O) groups excluding carboxylic acids is 1. The summed E-state index contributed by atoms with van der Waals surface area (Å²) in [5.41, 5.74) is 0.267. The molecule has 0 radical (unpaired) electrons. The molecule has 0 bridgehead atoms. The number of nitrogens with zero attached hydrogens (tertiary/aromatic N) is 4. The number of amides is 1. The molecule has 7 heteroatoms. The normalized spacial score (nSPS) is 18.1. The molecule has 1 saturated heterocycles. The van der Waals surface area contributed by atoms with E-state index >= 15 is 0 Å². The third kappa shape index (κ3) is 3.18. The van der Waals surface area contributed by atoms with Crippen molar-refractivity contribution in [1.82, 2.24) is 19.9 Å². The molecule has 2 heterocycles. The Bertz CT molecular complexity index is 693. The molecule has 1 fully saturated rings. The maximum absolute atomic E-state index is 12.7. The van der Waals surface area contributed by atoms with Crippen molar-refractivity contribution in [3.05, 3.63) is 47.8 Å². The Morgan fingerprint density at radius 1 is 1.29 bits per heavy atom. The van der Waals surface area contributed by atoms with Gasteiger partial charge in [-0.15, -0.1) is 5.10 Å².